The van der Waals surface area contributed by atoms with Gasteiger partial charge in [-0.2, -0.15) is 13.2 Å². The van der Waals surface area contributed by atoms with Gasteiger partial charge in [-0.3, -0.25) is 0 Å². The molecule has 0 aliphatic carbocycles. The predicted octanol–water partition coefficient (Wildman–Crippen LogP) is 1.28. The van der Waals surface area contributed by atoms with Crippen molar-refractivity contribution in [2.75, 3.05) is 18.0 Å². The van der Waals surface area contributed by atoms with Gasteiger partial charge in [-0.1, -0.05) is 6.92 Å². The number of halogens is 3. The molecule has 1 fully saturated rings. The molecule has 1 aliphatic heterocycles. The maximum absolute atomic E-state index is 12.3. The summed E-state index contributed by atoms with van der Waals surface area (Å²) in [5.74, 6) is 0.747. The number of alkyl halides is 3. The highest BCUT2D eigenvalue weighted by Gasteiger charge is 2.34. The number of rotatable bonds is 1. The van der Waals surface area contributed by atoms with Gasteiger partial charge in [-0.25, -0.2) is 0 Å². The van der Waals surface area contributed by atoms with Gasteiger partial charge in [0.15, 0.2) is 11.5 Å². The Balaban J connectivity index is 2.14. The quantitative estimate of drug-likeness (QED) is 0.811. The third kappa shape index (κ3) is 2.49. The van der Waals surface area contributed by atoms with Crippen LogP contribution in [0, 0.1) is 5.92 Å². The summed E-state index contributed by atoms with van der Waals surface area (Å²) in [6, 6.07) is 2.30. The largest absolute Gasteiger partial charge is 0.435 e. The summed E-state index contributed by atoms with van der Waals surface area (Å²) >= 11 is 0. The zero-order chi connectivity index (χ0) is 12.6. The van der Waals surface area contributed by atoms with Gasteiger partial charge in [0.2, 0.25) is 0 Å². The van der Waals surface area contributed by atoms with Crippen LogP contribution in [-0.4, -0.2) is 29.3 Å². The molecule has 0 spiro atoms. The van der Waals surface area contributed by atoms with E-state index in [0.717, 1.165) is 6.07 Å². The summed E-state index contributed by atoms with van der Waals surface area (Å²) in [5, 5.41) is 6.78. The second-order valence-electron chi connectivity index (χ2n) is 4.32. The third-order valence-corrected chi connectivity index (χ3v) is 2.94. The molecule has 94 valence electrons. The Morgan fingerprint density at radius 2 is 2.00 bits per heavy atom. The molecule has 0 radical (unpaired) electrons. The van der Waals surface area contributed by atoms with Crippen LogP contribution in [-0.2, 0) is 6.18 Å². The highest BCUT2D eigenvalue weighted by Crippen LogP contribution is 2.28. The molecule has 7 heteroatoms. The van der Waals surface area contributed by atoms with Crippen LogP contribution >= 0.6 is 0 Å². The molecule has 17 heavy (non-hydrogen) atoms. The van der Waals surface area contributed by atoms with Crippen LogP contribution in [0.2, 0.25) is 0 Å². The number of aromatic nitrogens is 2. The smallest absolute Gasteiger partial charge is 0.353 e. The van der Waals surface area contributed by atoms with Crippen molar-refractivity contribution in [2.24, 2.45) is 11.7 Å². The fraction of sp³-hybridized carbons (Fsp3) is 0.600. The lowest BCUT2D eigenvalue weighted by molar-refractivity contribution is -0.141. The lowest BCUT2D eigenvalue weighted by Gasteiger charge is -2.16. The molecule has 1 aromatic heterocycles. The first-order valence-electron chi connectivity index (χ1n) is 5.29. The first kappa shape index (κ1) is 12.1. The summed E-state index contributed by atoms with van der Waals surface area (Å²) in [6.45, 7) is 3.30. The van der Waals surface area contributed by atoms with Gasteiger partial charge >= 0.3 is 6.18 Å². The van der Waals surface area contributed by atoms with Gasteiger partial charge < -0.3 is 10.6 Å². The fourth-order valence-corrected chi connectivity index (χ4v) is 1.82. The third-order valence-electron chi connectivity index (χ3n) is 2.94. The van der Waals surface area contributed by atoms with Gasteiger partial charge in [0.1, 0.15) is 0 Å². The van der Waals surface area contributed by atoms with Gasteiger partial charge in [0.25, 0.3) is 0 Å². The lowest BCUT2D eigenvalue weighted by atomic mass is 10.1. The minimum Gasteiger partial charge on any atom is -0.353 e. The number of anilines is 1. The fourth-order valence-electron chi connectivity index (χ4n) is 1.82. The molecule has 0 bridgehead atoms. The molecule has 1 aliphatic rings. The molecule has 2 rings (SSSR count). The topological polar surface area (TPSA) is 55.0 Å². The van der Waals surface area contributed by atoms with Crippen LogP contribution < -0.4 is 10.6 Å². The second-order valence-corrected chi connectivity index (χ2v) is 4.32. The standard InChI is InChI=1S/C10H13F3N4/c1-6-4-17(5-7(6)14)9-3-2-8(15-16-9)10(11,12)13/h2-3,6-7H,4-5,14H2,1H3. The van der Waals surface area contributed by atoms with Crippen molar-refractivity contribution in [3.63, 3.8) is 0 Å². The van der Waals surface area contributed by atoms with E-state index in [-0.39, 0.29) is 6.04 Å². The van der Waals surface area contributed by atoms with Gasteiger partial charge in [-0.05, 0) is 18.1 Å². The van der Waals surface area contributed by atoms with Crippen molar-refractivity contribution in [2.45, 2.75) is 19.1 Å². The van der Waals surface area contributed by atoms with E-state index in [1.807, 2.05) is 11.8 Å². The highest BCUT2D eigenvalue weighted by molar-refractivity contribution is 5.39. The van der Waals surface area contributed by atoms with Gasteiger partial charge in [-0.15, -0.1) is 10.2 Å². The Kier molecular flexibility index (Phi) is 2.94. The van der Waals surface area contributed by atoms with Crippen LogP contribution in [0.5, 0.6) is 0 Å². The van der Waals surface area contributed by atoms with Crippen molar-refractivity contribution in [3.05, 3.63) is 17.8 Å². The Morgan fingerprint density at radius 1 is 1.29 bits per heavy atom. The van der Waals surface area contributed by atoms with E-state index >= 15 is 0 Å². The van der Waals surface area contributed by atoms with Gasteiger partial charge in [0, 0.05) is 19.1 Å². The molecule has 0 amide bonds. The minimum absolute atomic E-state index is 0.0269. The van der Waals surface area contributed by atoms with Crippen LogP contribution in [0.15, 0.2) is 12.1 Å². The molecule has 4 nitrogen and oxygen atoms in total. The minimum atomic E-state index is -4.44. The number of hydrogen-bond acceptors (Lipinski definition) is 4. The van der Waals surface area contributed by atoms with E-state index in [4.69, 9.17) is 5.73 Å². The van der Waals surface area contributed by atoms with Crippen molar-refractivity contribution in [3.8, 4) is 0 Å². The van der Waals surface area contributed by atoms with E-state index in [1.54, 1.807) is 0 Å². The number of nitrogens with zero attached hydrogens (tertiary/aromatic N) is 3. The first-order valence-corrected chi connectivity index (χ1v) is 5.29. The van der Waals surface area contributed by atoms with E-state index in [0.29, 0.717) is 24.8 Å². The van der Waals surface area contributed by atoms with Crippen LogP contribution in [0.3, 0.4) is 0 Å². The molecule has 2 atom stereocenters. The average Bonchev–Trinajstić information content (AvgIpc) is 2.58. The second kappa shape index (κ2) is 4.14. The lowest BCUT2D eigenvalue weighted by Crippen LogP contribution is -2.28. The van der Waals surface area contributed by atoms with Crippen molar-refractivity contribution < 1.29 is 13.2 Å². The normalized spacial score (nSPS) is 25.4. The zero-order valence-corrected chi connectivity index (χ0v) is 9.28. The van der Waals surface area contributed by atoms with Gasteiger partial charge in [0.05, 0.1) is 0 Å². The Hall–Kier alpha value is -1.37. The Morgan fingerprint density at radius 3 is 2.41 bits per heavy atom. The zero-order valence-electron chi connectivity index (χ0n) is 9.28. The summed E-state index contributed by atoms with van der Waals surface area (Å²) in [5.41, 5.74) is 4.86. The molecule has 1 saturated heterocycles. The maximum Gasteiger partial charge on any atom is 0.435 e. The van der Waals surface area contributed by atoms with Crippen molar-refractivity contribution in [1.82, 2.24) is 10.2 Å². The molecule has 0 saturated carbocycles. The number of nitrogens with two attached hydrogens (primary N) is 1. The van der Waals surface area contributed by atoms with E-state index in [1.165, 1.54) is 6.07 Å². The van der Waals surface area contributed by atoms with E-state index in [2.05, 4.69) is 10.2 Å². The van der Waals surface area contributed by atoms with Crippen molar-refractivity contribution in [1.29, 1.82) is 0 Å². The molecule has 0 aromatic carbocycles. The molecule has 1 aromatic rings. The summed E-state index contributed by atoms with van der Waals surface area (Å²) < 4.78 is 36.9. The van der Waals surface area contributed by atoms with E-state index < -0.39 is 11.9 Å². The molecular weight excluding hydrogens is 233 g/mol. The molecule has 2 heterocycles. The molecule has 2 unspecified atom stereocenters. The van der Waals surface area contributed by atoms with Crippen molar-refractivity contribution >= 4 is 5.82 Å². The SMILES string of the molecule is CC1CN(c2ccc(C(F)(F)F)nn2)CC1N. The number of hydrogen-bond donors (Lipinski definition) is 1. The van der Waals surface area contributed by atoms with E-state index in [9.17, 15) is 13.2 Å². The summed E-state index contributed by atoms with van der Waals surface area (Å²) in [4.78, 5) is 1.85. The Bertz CT molecular complexity index is 380. The molecular formula is C10H13F3N4. The Labute approximate surface area is 96.6 Å². The maximum atomic E-state index is 12.3. The predicted molar refractivity (Wildman–Crippen MR) is 56.4 cm³/mol. The highest BCUT2D eigenvalue weighted by atomic mass is 19.4. The molecule has 2 N–H and O–H groups in total. The van der Waals surface area contributed by atoms with Crippen LogP contribution in [0.25, 0.3) is 0 Å². The summed E-state index contributed by atoms with van der Waals surface area (Å²) in [6.07, 6.45) is -4.44. The van der Waals surface area contributed by atoms with Crippen LogP contribution in [0.1, 0.15) is 12.6 Å². The summed E-state index contributed by atoms with van der Waals surface area (Å²) in [7, 11) is 0. The first-order chi connectivity index (χ1) is 7.88. The average molecular weight is 246 g/mol. The van der Waals surface area contributed by atoms with Crippen LogP contribution in [0.4, 0.5) is 19.0 Å². The monoisotopic (exact) mass is 246 g/mol.